The van der Waals surface area contributed by atoms with Crippen LogP contribution in [0.5, 0.6) is 5.75 Å². The first-order chi connectivity index (χ1) is 12.2. The molecular formula is C16H15N3O4S2. The molecule has 1 saturated heterocycles. The van der Waals surface area contributed by atoms with Crippen LogP contribution < -0.4 is 5.63 Å². The molecule has 3 aromatic rings. The Balaban J connectivity index is 1.55. The number of hydrogen-bond donors (Lipinski definition) is 1. The largest absolute Gasteiger partial charge is 0.508 e. The fourth-order valence-electron chi connectivity index (χ4n) is 2.51. The van der Waals surface area contributed by atoms with Crippen molar-refractivity contribution in [1.29, 1.82) is 0 Å². The molecule has 1 unspecified atom stereocenters. The second-order valence-electron chi connectivity index (χ2n) is 5.62. The van der Waals surface area contributed by atoms with Crippen LogP contribution in [0.4, 0.5) is 0 Å². The number of hydrogen-bond acceptors (Lipinski definition) is 8. The summed E-state index contributed by atoms with van der Waals surface area (Å²) < 4.78 is 12.5. The SMILES string of the molecule is O=c1oc2cc(O)ccc2cc1-n1cc(COC2CCSSC2)nn1. The molecule has 0 saturated carbocycles. The molecule has 2 aromatic heterocycles. The Labute approximate surface area is 150 Å². The topological polar surface area (TPSA) is 90.4 Å². The average molecular weight is 377 g/mol. The molecule has 1 N–H and O–H groups in total. The Kier molecular flexibility index (Phi) is 4.69. The molecule has 0 bridgehead atoms. The molecule has 1 fully saturated rings. The fraction of sp³-hybridized carbons (Fsp3) is 0.312. The second-order valence-corrected chi connectivity index (χ2v) is 8.25. The molecule has 3 heterocycles. The van der Waals surface area contributed by atoms with Gasteiger partial charge in [-0.1, -0.05) is 26.8 Å². The lowest BCUT2D eigenvalue weighted by Crippen LogP contribution is -2.19. The minimum Gasteiger partial charge on any atom is -0.508 e. The van der Waals surface area contributed by atoms with Gasteiger partial charge in [-0.3, -0.25) is 0 Å². The van der Waals surface area contributed by atoms with Gasteiger partial charge in [0.15, 0.2) is 5.69 Å². The highest BCUT2D eigenvalue weighted by Gasteiger charge is 2.16. The Hall–Kier alpha value is -1.97. The van der Waals surface area contributed by atoms with Gasteiger partial charge in [-0.05, 0) is 24.6 Å². The lowest BCUT2D eigenvalue weighted by molar-refractivity contribution is 0.0524. The van der Waals surface area contributed by atoms with Gasteiger partial charge in [-0.15, -0.1) is 5.10 Å². The van der Waals surface area contributed by atoms with Crippen molar-refractivity contribution in [2.75, 3.05) is 11.5 Å². The molecule has 130 valence electrons. The van der Waals surface area contributed by atoms with E-state index in [4.69, 9.17) is 9.15 Å². The van der Waals surface area contributed by atoms with Crippen molar-refractivity contribution < 1.29 is 14.3 Å². The van der Waals surface area contributed by atoms with Gasteiger partial charge in [0.1, 0.15) is 17.0 Å². The van der Waals surface area contributed by atoms with Gasteiger partial charge in [-0.25, -0.2) is 9.48 Å². The zero-order valence-electron chi connectivity index (χ0n) is 13.1. The van der Waals surface area contributed by atoms with E-state index in [1.807, 2.05) is 21.6 Å². The van der Waals surface area contributed by atoms with Crippen molar-refractivity contribution in [2.24, 2.45) is 0 Å². The quantitative estimate of drug-likeness (QED) is 0.548. The molecule has 1 atom stereocenters. The zero-order valence-corrected chi connectivity index (χ0v) is 14.8. The lowest BCUT2D eigenvalue weighted by Gasteiger charge is -2.20. The number of fused-ring (bicyclic) bond motifs is 1. The van der Waals surface area contributed by atoms with E-state index in [1.165, 1.54) is 16.8 Å². The normalized spacial score (nSPS) is 17.8. The lowest BCUT2D eigenvalue weighted by atomic mass is 10.2. The van der Waals surface area contributed by atoms with Crippen molar-refractivity contribution >= 4 is 32.6 Å². The summed E-state index contributed by atoms with van der Waals surface area (Å²) >= 11 is 0. The highest BCUT2D eigenvalue weighted by atomic mass is 33.1. The summed E-state index contributed by atoms with van der Waals surface area (Å²) in [4.78, 5) is 12.2. The predicted octanol–water partition coefficient (Wildman–Crippen LogP) is 2.75. The summed E-state index contributed by atoms with van der Waals surface area (Å²) in [6.07, 6.45) is 2.94. The van der Waals surface area contributed by atoms with Crippen LogP contribution in [0, 0.1) is 0 Å². The highest BCUT2D eigenvalue weighted by Crippen LogP contribution is 2.30. The highest BCUT2D eigenvalue weighted by molar-refractivity contribution is 8.76. The molecular weight excluding hydrogens is 362 g/mol. The summed E-state index contributed by atoms with van der Waals surface area (Å²) in [6, 6.07) is 6.28. The van der Waals surface area contributed by atoms with Gasteiger partial charge in [0.05, 0.1) is 18.9 Å². The molecule has 0 spiro atoms. The number of rotatable bonds is 4. The Morgan fingerprint density at radius 1 is 1.36 bits per heavy atom. The van der Waals surface area contributed by atoms with Gasteiger partial charge in [0, 0.05) is 23.0 Å². The van der Waals surface area contributed by atoms with E-state index in [2.05, 4.69) is 10.3 Å². The van der Waals surface area contributed by atoms with Crippen molar-refractivity contribution in [3.05, 3.63) is 46.6 Å². The molecule has 1 aromatic carbocycles. The molecule has 0 aliphatic carbocycles. The smallest absolute Gasteiger partial charge is 0.362 e. The van der Waals surface area contributed by atoms with Gasteiger partial charge in [-0.2, -0.15) is 0 Å². The van der Waals surface area contributed by atoms with Crippen molar-refractivity contribution in [1.82, 2.24) is 15.0 Å². The second kappa shape index (κ2) is 7.11. The van der Waals surface area contributed by atoms with Crippen LogP contribution in [0.15, 0.2) is 39.7 Å². The molecule has 25 heavy (non-hydrogen) atoms. The minimum absolute atomic E-state index is 0.0443. The van der Waals surface area contributed by atoms with Crippen LogP contribution in [0.3, 0.4) is 0 Å². The maximum absolute atomic E-state index is 12.2. The third-order valence-corrected chi connectivity index (χ3v) is 6.30. The van der Waals surface area contributed by atoms with E-state index in [0.717, 1.165) is 17.9 Å². The molecule has 1 aliphatic rings. The third-order valence-electron chi connectivity index (χ3n) is 3.82. The first-order valence-corrected chi connectivity index (χ1v) is 10.2. The molecule has 1 aliphatic heterocycles. The van der Waals surface area contributed by atoms with Crippen LogP contribution in [-0.2, 0) is 11.3 Å². The Bertz CT molecular complexity index is 950. The van der Waals surface area contributed by atoms with E-state index < -0.39 is 5.63 Å². The predicted molar refractivity (Wildman–Crippen MR) is 97.2 cm³/mol. The number of phenolic OH excluding ortho intramolecular Hbond substituents is 1. The summed E-state index contributed by atoms with van der Waals surface area (Å²) in [7, 11) is 3.69. The van der Waals surface area contributed by atoms with E-state index >= 15 is 0 Å². The summed E-state index contributed by atoms with van der Waals surface area (Å²) in [5.74, 6) is 2.11. The first kappa shape index (κ1) is 16.5. The van der Waals surface area contributed by atoms with E-state index in [0.29, 0.717) is 23.3 Å². The number of aromatic nitrogens is 3. The van der Waals surface area contributed by atoms with Gasteiger partial charge >= 0.3 is 5.63 Å². The molecule has 9 heteroatoms. The number of phenols is 1. The van der Waals surface area contributed by atoms with Crippen LogP contribution in [0.25, 0.3) is 16.7 Å². The Morgan fingerprint density at radius 3 is 3.12 bits per heavy atom. The Morgan fingerprint density at radius 2 is 2.28 bits per heavy atom. The van der Waals surface area contributed by atoms with Crippen molar-refractivity contribution in [3.63, 3.8) is 0 Å². The number of aromatic hydroxyl groups is 1. The number of ether oxygens (including phenoxy) is 1. The van der Waals surface area contributed by atoms with Crippen LogP contribution >= 0.6 is 21.6 Å². The fourth-order valence-corrected chi connectivity index (χ4v) is 4.89. The monoisotopic (exact) mass is 377 g/mol. The summed E-state index contributed by atoms with van der Waals surface area (Å²) in [6.45, 7) is 0.364. The molecule has 4 rings (SSSR count). The van der Waals surface area contributed by atoms with Crippen LogP contribution in [-0.4, -0.2) is 37.7 Å². The first-order valence-electron chi connectivity index (χ1n) is 7.73. The minimum atomic E-state index is -0.545. The molecule has 0 radical (unpaired) electrons. The van der Waals surface area contributed by atoms with E-state index in [9.17, 15) is 9.90 Å². The molecule has 0 amide bonds. The summed E-state index contributed by atoms with van der Waals surface area (Å²) in [5, 5.41) is 18.2. The third kappa shape index (κ3) is 3.68. The number of benzene rings is 1. The van der Waals surface area contributed by atoms with E-state index in [1.54, 1.807) is 18.3 Å². The molecule has 7 nitrogen and oxygen atoms in total. The van der Waals surface area contributed by atoms with Crippen LogP contribution in [0.1, 0.15) is 12.1 Å². The standard InChI is InChI=1S/C16H15N3O4S2/c20-12-2-1-10-5-14(16(21)23-15(10)6-12)19-7-11(17-18-19)8-22-13-3-4-24-25-9-13/h1-2,5-7,13,20H,3-4,8-9H2. The number of nitrogens with zero attached hydrogens (tertiary/aromatic N) is 3. The van der Waals surface area contributed by atoms with Gasteiger partial charge in [0.25, 0.3) is 0 Å². The average Bonchev–Trinajstić information content (AvgIpc) is 3.09. The van der Waals surface area contributed by atoms with E-state index in [-0.39, 0.29) is 17.5 Å². The zero-order chi connectivity index (χ0) is 17.2. The van der Waals surface area contributed by atoms with Crippen LogP contribution in [0.2, 0.25) is 0 Å². The van der Waals surface area contributed by atoms with Crippen molar-refractivity contribution in [2.45, 2.75) is 19.1 Å². The van der Waals surface area contributed by atoms with Gasteiger partial charge < -0.3 is 14.3 Å². The maximum Gasteiger partial charge on any atom is 0.362 e. The summed E-state index contributed by atoms with van der Waals surface area (Å²) in [5.41, 5.74) is 0.705. The maximum atomic E-state index is 12.2. The van der Waals surface area contributed by atoms with Gasteiger partial charge in [0.2, 0.25) is 0 Å². The van der Waals surface area contributed by atoms with Crippen molar-refractivity contribution in [3.8, 4) is 11.4 Å².